The average Bonchev–Trinajstić information content (AvgIpc) is 3.16. The van der Waals surface area contributed by atoms with Crippen molar-refractivity contribution in [3.8, 4) is 5.75 Å². The molecule has 0 unspecified atom stereocenters. The number of esters is 3. The topological polar surface area (TPSA) is 154 Å². The van der Waals surface area contributed by atoms with Gasteiger partial charge in [-0.25, -0.2) is 19.4 Å². The summed E-state index contributed by atoms with van der Waals surface area (Å²) >= 11 is 6.41. The van der Waals surface area contributed by atoms with Crippen molar-refractivity contribution in [1.29, 1.82) is 0 Å². The first-order valence-electron chi connectivity index (χ1n) is 20.3. The van der Waals surface area contributed by atoms with Gasteiger partial charge in [-0.3, -0.25) is 14.5 Å². The molecule has 1 aromatic carbocycles. The molecule has 0 bridgehead atoms. The Morgan fingerprint density at radius 1 is 0.754 bits per heavy atom. The zero-order valence-electron chi connectivity index (χ0n) is 35.4. The SMILES string of the molecule is CCCCCCCCCCCCOc1ccc(Cl)cc1NC(=O)C(=C(OC(=O)C(=O)OCC)C(C)(C)C)N(C(=O)C(=O)OCC)c1ccc(N(CC)CC)nc1C. The average molecular weight is 815 g/mol. The Balaban J connectivity index is 2.69. The Bertz CT molecular complexity index is 1680. The van der Waals surface area contributed by atoms with Gasteiger partial charge in [0, 0.05) is 23.5 Å². The molecule has 0 aliphatic carbocycles. The third kappa shape index (κ3) is 15.3. The van der Waals surface area contributed by atoms with Crippen LogP contribution in [0.1, 0.15) is 125 Å². The van der Waals surface area contributed by atoms with E-state index in [0.717, 1.165) is 30.6 Å². The van der Waals surface area contributed by atoms with E-state index in [1.807, 2.05) is 18.7 Å². The van der Waals surface area contributed by atoms with Gasteiger partial charge >= 0.3 is 23.8 Å². The van der Waals surface area contributed by atoms with E-state index < -0.39 is 46.6 Å². The number of nitrogens with zero attached hydrogens (tertiary/aromatic N) is 3. The number of rotatable bonds is 22. The molecule has 0 spiro atoms. The van der Waals surface area contributed by atoms with Crippen molar-refractivity contribution in [2.45, 2.75) is 127 Å². The molecule has 14 heteroatoms. The smallest absolute Gasteiger partial charge is 0.422 e. The molecule has 0 radical (unpaired) electrons. The van der Waals surface area contributed by atoms with Crippen molar-refractivity contribution in [3.05, 3.63) is 52.5 Å². The Morgan fingerprint density at radius 3 is 1.88 bits per heavy atom. The molecule has 57 heavy (non-hydrogen) atoms. The van der Waals surface area contributed by atoms with E-state index in [4.69, 9.17) is 35.5 Å². The molecule has 1 heterocycles. The minimum absolute atomic E-state index is 0.0200. The van der Waals surface area contributed by atoms with E-state index >= 15 is 0 Å². The maximum Gasteiger partial charge on any atom is 0.422 e. The fourth-order valence-electron chi connectivity index (χ4n) is 5.98. The zero-order valence-corrected chi connectivity index (χ0v) is 36.1. The van der Waals surface area contributed by atoms with Crippen molar-refractivity contribution in [2.24, 2.45) is 5.41 Å². The number of benzene rings is 1. The van der Waals surface area contributed by atoms with Crippen LogP contribution in [0.4, 0.5) is 17.2 Å². The second kappa shape index (κ2) is 24.9. The molecular formula is C43H63ClN4O9. The normalized spacial score (nSPS) is 11.6. The van der Waals surface area contributed by atoms with Crippen LogP contribution in [-0.2, 0) is 38.2 Å². The van der Waals surface area contributed by atoms with Crippen LogP contribution in [0.2, 0.25) is 5.02 Å². The van der Waals surface area contributed by atoms with Crippen molar-refractivity contribution in [3.63, 3.8) is 0 Å². The summed E-state index contributed by atoms with van der Waals surface area (Å²) in [6, 6.07) is 7.90. The molecule has 0 saturated carbocycles. The monoisotopic (exact) mass is 814 g/mol. The van der Waals surface area contributed by atoms with Gasteiger partial charge in [-0.15, -0.1) is 0 Å². The standard InChI is InChI=1S/C43H63ClN4O9/c1-10-15-16-17-18-19-20-21-22-23-28-56-34-26-24-31(44)29-32(34)46-38(49)36(37(43(7,8)9)57-42(53)41(52)55-14-5)48(39(50)40(51)54-13-4)33-25-27-35(45-30(33)6)47(11-2)12-3/h24-27,29H,10-23,28H2,1-9H3,(H,46,49). The number of hydrogen-bond acceptors (Lipinski definition) is 11. The van der Waals surface area contributed by atoms with Crippen LogP contribution in [-0.4, -0.2) is 67.6 Å². The minimum Gasteiger partial charge on any atom is -0.491 e. The summed E-state index contributed by atoms with van der Waals surface area (Å²) in [5.41, 5.74) is -1.40. The van der Waals surface area contributed by atoms with Crippen molar-refractivity contribution >= 4 is 58.5 Å². The van der Waals surface area contributed by atoms with Crippen LogP contribution in [0.3, 0.4) is 0 Å². The van der Waals surface area contributed by atoms with Crippen molar-refractivity contribution in [1.82, 2.24) is 4.98 Å². The molecule has 2 amide bonds. The number of anilines is 3. The van der Waals surface area contributed by atoms with Crippen LogP contribution in [0.5, 0.6) is 5.75 Å². The number of allylic oxidation sites excluding steroid dienone is 1. The van der Waals surface area contributed by atoms with E-state index in [-0.39, 0.29) is 35.3 Å². The van der Waals surface area contributed by atoms with E-state index in [2.05, 4.69) is 12.2 Å². The lowest BCUT2D eigenvalue weighted by atomic mass is 9.91. The number of carbonyl (C=O) groups is 5. The molecule has 0 atom stereocenters. The second-order valence-electron chi connectivity index (χ2n) is 14.5. The number of aryl methyl sites for hydroxylation is 1. The predicted molar refractivity (Wildman–Crippen MR) is 223 cm³/mol. The number of amides is 2. The number of aromatic nitrogens is 1. The number of pyridine rings is 1. The molecule has 2 aromatic rings. The Morgan fingerprint density at radius 2 is 1.33 bits per heavy atom. The molecule has 13 nitrogen and oxygen atoms in total. The van der Waals surface area contributed by atoms with Gasteiger partial charge < -0.3 is 29.2 Å². The molecular weight excluding hydrogens is 752 g/mol. The first-order valence-corrected chi connectivity index (χ1v) is 20.6. The Hall–Kier alpha value is -4.65. The summed E-state index contributed by atoms with van der Waals surface area (Å²) in [5.74, 6) is -5.85. The van der Waals surface area contributed by atoms with E-state index in [9.17, 15) is 24.0 Å². The van der Waals surface area contributed by atoms with Crippen LogP contribution < -0.4 is 19.9 Å². The molecule has 0 fully saturated rings. The summed E-state index contributed by atoms with van der Waals surface area (Å²) < 4.78 is 21.8. The summed E-state index contributed by atoms with van der Waals surface area (Å²) in [6.45, 7) is 17.0. The highest BCUT2D eigenvalue weighted by atomic mass is 35.5. The highest BCUT2D eigenvalue weighted by Gasteiger charge is 2.40. The van der Waals surface area contributed by atoms with Gasteiger partial charge in [0.2, 0.25) is 0 Å². The van der Waals surface area contributed by atoms with Gasteiger partial charge in [0.1, 0.15) is 17.3 Å². The largest absolute Gasteiger partial charge is 0.491 e. The maximum absolute atomic E-state index is 14.8. The van der Waals surface area contributed by atoms with Crippen LogP contribution in [0.25, 0.3) is 0 Å². The van der Waals surface area contributed by atoms with E-state index in [1.165, 1.54) is 64.5 Å². The molecule has 1 aromatic heterocycles. The molecule has 1 N–H and O–H groups in total. The van der Waals surface area contributed by atoms with Crippen molar-refractivity contribution in [2.75, 3.05) is 48.0 Å². The predicted octanol–water partition coefficient (Wildman–Crippen LogP) is 9.09. The second-order valence-corrected chi connectivity index (χ2v) is 14.9. The lowest BCUT2D eigenvalue weighted by molar-refractivity contribution is -0.165. The van der Waals surface area contributed by atoms with Crippen LogP contribution >= 0.6 is 11.6 Å². The molecule has 316 valence electrons. The highest BCUT2D eigenvalue weighted by molar-refractivity contribution is 6.40. The first-order chi connectivity index (χ1) is 27.1. The van der Waals surface area contributed by atoms with Crippen molar-refractivity contribution < 1.29 is 42.9 Å². The molecule has 0 aliphatic heterocycles. The molecule has 0 aliphatic rings. The van der Waals surface area contributed by atoms with Crippen LogP contribution in [0.15, 0.2) is 41.8 Å². The number of halogens is 1. The fraction of sp³-hybridized carbons (Fsp3) is 0.581. The van der Waals surface area contributed by atoms with E-state index in [0.29, 0.717) is 31.3 Å². The Kier molecular flexibility index (Phi) is 21.2. The number of carbonyl (C=O) groups excluding carboxylic acids is 5. The fourth-order valence-corrected chi connectivity index (χ4v) is 6.15. The van der Waals surface area contributed by atoms with Gasteiger partial charge in [0.05, 0.1) is 36.9 Å². The quantitative estimate of drug-likeness (QED) is 0.0302. The summed E-state index contributed by atoms with van der Waals surface area (Å²) in [7, 11) is 0. The highest BCUT2D eigenvalue weighted by Crippen LogP contribution is 2.37. The zero-order chi connectivity index (χ0) is 42.5. The molecule has 0 saturated heterocycles. The third-order valence-corrected chi connectivity index (χ3v) is 9.18. The van der Waals surface area contributed by atoms with Gasteiger partial charge in [-0.1, -0.05) is 97.1 Å². The van der Waals surface area contributed by atoms with E-state index in [1.54, 1.807) is 45.9 Å². The van der Waals surface area contributed by atoms with Gasteiger partial charge in [0.15, 0.2) is 5.70 Å². The number of unbranched alkanes of at least 4 members (excludes halogenated alkanes) is 9. The minimum atomic E-state index is -1.44. The number of hydrogen-bond donors (Lipinski definition) is 1. The number of nitrogens with one attached hydrogen (secondary N) is 1. The Labute approximate surface area is 343 Å². The summed E-state index contributed by atoms with van der Waals surface area (Å²) in [4.78, 5) is 75.6. The third-order valence-electron chi connectivity index (χ3n) is 8.94. The molecule has 2 rings (SSSR count). The maximum atomic E-state index is 14.8. The summed E-state index contributed by atoms with van der Waals surface area (Å²) in [6.07, 6.45) is 11.6. The summed E-state index contributed by atoms with van der Waals surface area (Å²) in [5, 5.41) is 3.05. The van der Waals surface area contributed by atoms with Crippen LogP contribution in [0, 0.1) is 12.3 Å². The van der Waals surface area contributed by atoms with Gasteiger partial charge in [-0.05, 0) is 71.4 Å². The number of ether oxygens (including phenoxy) is 4. The van der Waals surface area contributed by atoms with Gasteiger partial charge in [-0.2, -0.15) is 0 Å². The first kappa shape index (κ1) is 48.5. The lowest BCUT2D eigenvalue weighted by Crippen LogP contribution is -2.44. The lowest BCUT2D eigenvalue weighted by Gasteiger charge is -2.31. The van der Waals surface area contributed by atoms with Gasteiger partial charge in [0.25, 0.3) is 5.91 Å².